The third-order valence-electron chi connectivity index (χ3n) is 1.64. The van der Waals surface area contributed by atoms with Crippen molar-refractivity contribution in [3.63, 3.8) is 0 Å². The van der Waals surface area contributed by atoms with Crippen molar-refractivity contribution >= 4 is 15.9 Å². The Morgan fingerprint density at radius 1 is 1.31 bits per heavy atom. The molecule has 0 saturated carbocycles. The minimum atomic E-state index is -0.310. The molecule has 0 spiro atoms. The molecule has 0 heterocycles. The van der Waals surface area contributed by atoms with Gasteiger partial charge in [0, 0.05) is 11.1 Å². The molecule has 0 aliphatic rings. The van der Waals surface area contributed by atoms with Crippen molar-refractivity contribution in [3.05, 3.63) is 34.3 Å². The molecule has 0 radical (unpaired) electrons. The summed E-state index contributed by atoms with van der Waals surface area (Å²) in [6.45, 7) is 0.717. The Bertz CT molecular complexity index is 252. The van der Waals surface area contributed by atoms with Crippen LogP contribution in [-0.2, 0) is 11.3 Å². The van der Waals surface area contributed by atoms with Crippen molar-refractivity contribution in [2.45, 2.75) is 13.0 Å². The Morgan fingerprint density at radius 2 is 2.08 bits per heavy atom. The standard InChI is InChI=1S/C10H12BrFO/c11-10-5-2-1-4-9(10)8-13-7-3-6-12/h1-2,4-5H,3,6-8H2. The van der Waals surface area contributed by atoms with E-state index in [1.54, 1.807) is 0 Å². The Morgan fingerprint density at radius 3 is 2.77 bits per heavy atom. The van der Waals surface area contributed by atoms with Crippen molar-refractivity contribution in [2.75, 3.05) is 13.3 Å². The van der Waals surface area contributed by atoms with Gasteiger partial charge in [-0.1, -0.05) is 34.1 Å². The normalized spacial score (nSPS) is 10.3. The molecule has 0 amide bonds. The third kappa shape index (κ3) is 3.87. The Labute approximate surface area is 86.0 Å². The van der Waals surface area contributed by atoms with Gasteiger partial charge in [-0.3, -0.25) is 4.39 Å². The molecule has 13 heavy (non-hydrogen) atoms. The van der Waals surface area contributed by atoms with Crippen LogP contribution >= 0.6 is 15.9 Å². The number of hydrogen-bond donors (Lipinski definition) is 0. The average Bonchev–Trinajstić information content (AvgIpc) is 2.15. The van der Waals surface area contributed by atoms with Gasteiger partial charge < -0.3 is 4.74 Å². The van der Waals surface area contributed by atoms with Gasteiger partial charge in [0.2, 0.25) is 0 Å². The summed E-state index contributed by atoms with van der Waals surface area (Å²) in [6, 6.07) is 7.86. The van der Waals surface area contributed by atoms with Crippen LogP contribution in [0.15, 0.2) is 28.7 Å². The van der Waals surface area contributed by atoms with Crippen molar-refractivity contribution < 1.29 is 9.13 Å². The molecule has 1 aromatic carbocycles. The van der Waals surface area contributed by atoms with E-state index in [0.29, 0.717) is 19.6 Å². The van der Waals surface area contributed by atoms with E-state index in [1.807, 2.05) is 24.3 Å². The van der Waals surface area contributed by atoms with Crippen LogP contribution < -0.4 is 0 Å². The molecule has 0 fully saturated rings. The molecular weight excluding hydrogens is 235 g/mol. The van der Waals surface area contributed by atoms with Crippen molar-refractivity contribution in [1.29, 1.82) is 0 Å². The van der Waals surface area contributed by atoms with Gasteiger partial charge >= 0.3 is 0 Å². The first-order valence-electron chi connectivity index (χ1n) is 4.21. The van der Waals surface area contributed by atoms with Crippen molar-refractivity contribution in [2.24, 2.45) is 0 Å². The molecule has 0 N–H and O–H groups in total. The number of hydrogen-bond acceptors (Lipinski definition) is 1. The lowest BCUT2D eigenvalue weighted by Gasteiger charge is -2.04. The molecule has 0 aliphatic heterocycles. The van der Waals surface area contributed by atoms with Crippen LogP contribution in [0.25, 0.3) is 0 Å². The van der Waals surface area contributed by atoms with Crippen molar-refractivity contribution in [3.8, 4) is 0 Å². The van der Waals surface area contributed by atoms with Gasteiger partial charge in [-0.15, -0.1) is 0 Å². The number of ether oxygens (including phenoxy) is 1. The van der Waals surface area contributed by atoms with Gasteiger partial charge in [-0.2, -0.15) is 0 Å². The van der Waals surface area contributed by atoms with Crippen LogP contribution in [-0.4, -0.2) is 13.3 Å². The number of halogens is 2. The first-order valence-corrected chi connectivity index (χ1v) is 5.01. The smallest absolute Gasteiger partial charge is 0.0916 e. The highest BCUT2D eigenvalue weighted by molar-refractivity contribution is 9.10. The maximum Gasteiger partial charge on any atom is 0.0916 e. The molecule has 0 saturated heterocycles. The fraction of sp³-hybridized carbons (Fsp3) is 0.400. The van der Waals surface area contributed by atoms with Crippen LogP contribution in [0.2, 0.25) is 0 Å². The van der Waals surface area contributed by atoms with E-state index in [2.05, 4.69) is 15.9 Å². The van der Waals surface area contributed by atoms with E-state index in [4.69, 9.17) is 4.74 Å². The lowest BCUT2D eigenvalue weighted by atomic mass is 10.2. The van der Waals surface area contributed by atoms with Gasteiger partial charge in [0.05, 0.1) is 13.3 Å². The topological polar surface area (TPSA) is 9.23 Å². The first-order chi connectivity index (χ1) is 6.34. The van der Waals surface area contributed by atoms with Gasteiger partial charge in [-0.05, 0) is 18.1 Å². The highest BCUT2D eigenvalue weighted by Gasteiger charge is 1.97. The van der Waals surface area contributed by atoms with E-state index in [-0.39, 0.29) is 6.67 Å². The quantitative estimate of drug-likeness (QED) is 0.725. The summed E-state index contributed by atoms with van der Waals surface area (Å²) < 4.78 is 18.0. The average molecular weight is 247 g/mol. The molecular formula is C10H12BrFO. The second kappa shape index (κ2) is 6.11. The molecule has 1 nitrogen and oxygen atoms in total. The zero-order valence-corrected chi connectivity index (χ0v) is 8.89. The largest absolute Gasteiger partial charge is 0.377 e. The maximum atomic E-state index is 11.7. The van der Waals surface area contributed by atoms with Crippen molar-refractivity contribution in [1.82, 2.24) is 0 Å². The van der Waals surface area contributed by atoms with Gasteiger partial charge in [0.15, 0.2) is 0 Å². The molecule has 0 aliphatic carbocycles. The van der Waals surface area contributed by atoms with E-state index < -0.39 is 0 Å². The molecule has 0 bridgehead atoms. The number of alkyl halides is 1. The number of rotatable bonds is 5. The SMILES string of the molecule is FCCCOCc1ccccc1Br. The summed E-state index contributed by atoms with van der Waals surface area (Å²) in [5.41, 5.74) is 1.10. The highest BCUT2D eigenvalue weighted by atomic mass is 79.9. The van der Waals surface area contributed by atoms with E-state index in [0.717, 1.165) is 10.0 Å². The van der Waals surface area contributed by atoms with E-state index >= 15 is 0 Å². The molecule has 1 aromatic rings. The molecule has 0 unspecified atom stereocenters. The highest BCUT2D eigenvalue weighted by Crippen LogP contribution is 2.16. The fourth-order valence-electron chi connectivity index (χ4n) is 0.954. The molecule has 0 aromatic heterocycles. The predicted octanol–water partition coefficient (Wildman–Crippen LogP) is 3.33. The van der Waals surface area contributed by atoms with Gasteiger partial charge in [-0.25, -0.2) is 0 Å². The summed E-state index contributed by atoms with van der Waals surface area (Å²) >= 11 is 3.41. The zero-order valence-electron chi connectivity index (χ0n) is 7.30. The molecule has 1 rings (SSSR count). The Balaban J connectivity index is 2.32. The summed E-state index contributed by atoms with van der Waals surface area (Å²) in [6.07, 6.45) is 0.477. The predicted molar refractivity (Wildman–Crippen MR) is 54.4 cm³/mol. The van der Waals surface area contributed by atoms with E-state index in [1.165, 1.54) is 0 Å². The molecule has 0 atom stereocenters. The summed E-state index contributed by atoms with van der Waals surface area (Å²) in [5.74, 6) is 0. The number of benzene rings is 1. The lowest BCUT2D eigenvalue weighted by molar-refractivity contribution is 0.113. The van der Waals surface area contributed by atoms with Crippen LogP contribution in [0, 0.1) is 0 Å². The maximum absolute atomic E-state index is 11.7. The fourth-order valence-corrected chi connectivity index (χ4v) is 1.35. The Kier molecular flexibility index (Phi) is 5.01. The molecule has 3 heteroatoms. The minimum Gasteiger partial charge on any atom is -0.377 e. The van der Waals surface area contributed by atoms with E-state index in [9.17, 15) is 4.39 Å². The van der Waals surface area contributed by atoms with Gasteiger partial charge in [0.25, 0.3) is 0 Å². The third-order valence-corrected chi connectivity index (χ3v) is 2.41. The first kappa shape index (κ1) is 10.7. The molecule has 72 valence electrons. The lowest BCUT2D eigenvalue weighted by Crippen LogP contribution is -1.96. The summed E-state index contributed by atoms with van der Waals surface area (Å²) in [7, 11) is 0. The second-order valence-electron chi connectivity index (χ2n) is 2.69. The van der Waals surface area contributed by atoms with Crippen LogP contribution in [0.3, 0.4) is 0 Å². The second-order valence-corrected chi connectivity index (χ2v) is 3.54. The zero-order chi connectivity index (χ0) is 9.52. The van der Waals surface area contributed by atoms with Gasteiger partial charge in [0.1, 0.15) is 0 Å². The monoisotopic (exact) mass is 246 g/mol. The summed E-state index contributed by atoms with van der Waals surface area (Å²) in [5, 5.41) is 0. The minimum absolute atomic E-state index is 0.310. The Hall–Kier alpha value is -0.410. The van der Waals surface area contributed by atoms with Crippen LogP contribution in [0.5, 0.6) is 0 Å². The summed E-state index contributed by atoms with van der Waals surface area (Å²) in [4.78, 5) is 0. The van der Waals surface area contributed by atoms with Crippen LogP contribution in [0.1, 0.15) is 12.0 Å². The van der Waals surface area contributed by atoms with Crippen LogP contribution in [0.4, 0.5) is 4.39 Å².